The Hall–Kier alpha value is -1.14. The number of hydrogen-bond donors (Lipinski definition) is 1. The van der Waals surface area contributed by atoms with E-state index in [4.69, 9.17) is 10.7 Å². The van der Waals surface area contributed by atoms with Crippen molar-refractivity contribution in [1.29, 1.82) is 0 Å². The Morgan fingerprint density at radius 1 is 1.29 bits per heavy atom. The summed E-state index contributed by atoms with van der Waals surface area (Å²) in [7, 11) is 0.909. The zero-order valence-corrected chi connectivity index (χ0v) is 13.8. The van der Waals surface area contributed by atoms with E-state index in [0.29, 0.717) is 5.92 Å². The van der Waals surface area contributed by atoms with Crippen LogP contribution in [0.25, 0.3) is 0 Å². The summed E-state index contributed by atoms with van der Waals surface area (Å²) in [5, 5.41) is 2.75. The second kappa shape index (κ2) is 7.22. The van der Waals surface area contributed by atoms with Crippen molar-refractivity contribution in [2.45, 2.75) is 44.6 Å². The first kappa shape index (κ1) is 17.9. The number of hydrogen-bond acceptors (Lipinski definition) is 3. The Morgan fingerprint density at radius 3 is 2.43 bits per heavy atom. The van der Waals surface area contributed by atoms with Gasteiger partial charge in [-0.05, 0) is 43.9 Å². The fraction of sp³-hybridized carbons (Fsp3) is 0.500. The number of carbonyl (C=O) groups excluding carboxylic acids is 1. The lowest BCUT2D eigenvalue weighted by molar-refractivity contribution is 0.0937. The van der Waals surface area contributed by atoms with E-state index in [1.54, 1.807) is 0 Å². The van der Waals surface area contributed by atoms with Crippen LogP contribution in [0.2, 0.25) is 0 Å². The van der Waals surface area contributed by atoms with Crippen LogP contribution in [0.3, 0.4) is 0 Å². The minimum Gasteiger partial charge on any atom is -0.350 e. The summed E-state index contributed by atoms with van der Waals surface area (Å²) in [6, 6.07) is 3.04. The highest BCUT2D eigenvalue weighted by atomic mass is 35.7. The predicted octanol–water partition coefficient (Wildman–Crippen LogP) is 3.31. The van der Waals surface area contributed by atoms with Crippen LogP contribution in [0.15, 0.2) is 23.1 Å². The van der Waals surface area contributed by atoms with Crippen molar-refractivity contribution < 1.29 is 17.6 Å². The molecule has 0 bridgehead atoms. The molecule has 4 nitrogen and oxygen atoms in total. The number of halogens is 2. The van der Waals surface area contributed by atoms with Gasteiger partial charge in [0.25, 0.3) is 15.0 Å². The first-order chi connectivity index (χ1) is 9.61. The van der Waals surface area contributed by atoms with E-state index < -0.39 is 25.7 Å². The van der Waals surface area contributed by atoms with Crippen LogP contribution in [0.1, 0.15) is 44.0 Å². The molecule has 0 aliphatic carbocycles. The predicted molar refractivity (Wildman–Crippen MR) is 80.4 cm³/mol. The second-order valence-corrected chi connectivity index (χ2v) is 7.96. The van der Waals surface area contributed by atoms with Crippen LogP contribution in [0.5, 0.6) is 0 Å². The summed E-state index contributed by atoms with van der Waals surface area (Å²) < 4.78 is 35.8. The molecule has 0 saturated heterocycles. The first-order valence-electron chi connectivity index (χ1n) is 6.66. The zero-order valence-electron chi connectivity index (χ0n) is 12.2. The van der Waals surface area contributed by atoms with Gasteiger partial charge in [0.2, 0.25) is 0 Å². The number of carbonyl (C=O) groups is 1. The fourth-order valence-electron chi connectivity index (χ4n) is 1.79. The van der Waals surface area contributed by atoms with Gasteiger partial charge in [0.15, 0.2) is 0 Å². The molecule has 1 N–H and O–H groups in total. The van der Waals surface area contributed by atoms with Gasteiger partial charge in [-0.3, -0.25) is 4.79 Å². The number of rotatable bonds is 6. The van der Waals surface area contributed by atoms with E-state index >= 15 is 0 Å². The molecule has 1 unspecified atom stereocenters. The Labute approximate surface area is 129 Å². The van der Waals surface area contributed by atoms with E-state index in [2.05, 4.69) is 19.2 Å². The van der Waals surface area contributed by atoms with Gasteiger partial charge >= 0.3 is 0 Å². The van der Waals surface area contributed by atoms with Crippen LogP contribution < -0.4 is 5.32 Å². The molecular weight excluding hydrogens is 317 g/mol. The largest absolute Gasteiger partial charge is 0.350 e. The summed E-state index contributed by atoms with van der Waals surface area (Å²) >= 11 is 0. The van der Waals surface area contributed by atoms with Gasteiger partial charge < -0.3 is 5.32 Å². The standard InChI is InChI=1S/C14H19ClFNO3S/c1-9(2)4-5-10(3)17-14(18)11-6-7-12(16)13(8-11)21(15,19)20/h6-10H,4-5H2,1-3H3,(H,17,18). The quantitative estimate of drug-likeness (QED) is 0.811. The SMILES string of the molecule is CC(C)CCC(C)NC(=O)c1ccc(F)c(S(=O)(=O)Cl)c1. The minimum absolute atomic E-state index is 0.0546. The highest BCUT2D eigenvalue weighted by Crippen LogP contribution is 2.20. The molecule has 0 saturated carbocycles. The van der Waals surface area contributed by atoms with Crippen molar-refractivity contribution in [2.24, 2.45) is 5.92 Å². The molecule has 1 atom stereocenters. The Morgan fingerprint density at radius 2 is 1.90 bits per heavy atom. The highest BCUT2D eigenvalue weighted by Gasteiger charge is 2.19. The number of amides is 1. The Bertz CT molecular complexity index is 617. The van der Waals surface area contributed by atoms with Gasteiger partial charge in [-0.15, -0.1) is 0 Å². The lowest BCUT2D eigenvalue weighted by atomic mass is 10.0. The van der Waals surface area contributed by atoms with Crippen LogP contribution in [-0.2, 0) is 9.05 Å². The molecule has 118 valence electrons. The van der Waals surface area contributed by atoms with Gasteiger partial charge in [-0.25, -0.2) is 12.8 Å². The van der Waals surface area contributed by atoms with Crippen LogP contribution in [0.4, 0.5) is 4.39 Å². The summed E-state index contributed by atoms with van der Waals surface area (Å²) in [4.78, 5) is 11.3. The maximum absolute atomic E-state index is 13.4. The minimum atomic E-state index is -4.22. The molecule has 0 heterocycles. The molecule has 0 aromatic heterocycles. The lowest BCUT2D eigenvalue weighted by Gasteiger charge is -2.15. The van der Waals surface area contributed by atoms with Gasteiger partial charge in [0.1, 0.15) is 10.7 Å². The van der Waals surface area contributed by atoms with E-state index in [-0.39, 0.29) is 11.6 Å². The average molecular weight is 336 g/mol. The molecule has 0 radical (unpaired) electrons. The third kappa shape index (κ3) is 5.63. The molecule has 21 heavy (non-hydrogen) atoms. The van der Waals surface area contributed by atoms with Crippen LogP contribution in [-0.4, -0.2) is 20.4 Å². The molecule has 0 fully saturated rings. The van der Waals surface area contributed by atoms with Crippen LogP contribution in [0, 0.1) is 11.7 Å². The summed E-state index contributed by atoms with van der Waals surface area (Å²) in [6.07, 6.45) is 1.78. The van der Waals surface area contributed by atoms with E-state index in [0.717, 1.165) is 25.0 Å². The molecule has 1 amide bonds. The van der Waals surface area contributed by atoms with Gasteiger partial charge in [0, 0.05) is 22.3 Å². The van der Waals surface area contributed by atoms with E-state index in [1.807, 2.05) is 6.92 Å². The molecule has 7 heteroatoms. The zero-order chi connectivity index (χ0) is 16.2. The van der Waals surface area contributed by atoms with Crippen molar-refractivity contribution in [3.8, 4) is 0 Å². The first-order valence-corrected chi connectivity index (χ1v) is 8.97. The molecular formula is C14H19ClFNO3S. The summed E-state index contributed by atoms with van der Waals surface area (Å²) in [5.41, 5.74) is 0.0621. The van der Waals surface area contributed by atoms with E-state index in [1.165, 1.54) is 6.07 Å². The third-order valence-electron chi connectivity index (χ3n) is 3.01. The fourth-order valence-corrected chi connectivity index (χ4v) is 2.72. The monoisotopic (exact) mass is 335 g/mol. The molecule has 1 aromatic rings. The normalized spacial score (nSPS) is 13.2. The number of nitrogens with one attached hydrogen (secondary N) is 1. The smallest absolute Gasteiger partial charge is 0.264 e. The summed E-state index contributed by atoms with van der Waals surface area (Å²) in [6.45, 7) is 6.04. The third-order valence-corrected chi connectivity index (χ3v) is 4.35. The van der Waals surface area contributed by atoms with Gasteiger partial charge in [-0.1, -0.05) is 13.8 Å². The molecule has 0 aliphatic heterocycles. The van der Waals surface area contributed by atoms with E-state index in [9.17, 15) is 17.6 Å². The maximum Gasteiger partial charge on any atom is 0.264 e. The average Bonchev–Trinajstić information content (AvgIpc) is 2.35. The van der Waals surface area contributed by atoms with Gasteiger partial charge in [-0.2, -0.15) is 0 Å². The van der Waals surface area contributed by atoms with Crippen molar-refractivity contribution in [1.82, 2.24) is 5.32 Å². The summed E-state index contributed by atoms with van der Waals surface area (Å²) in [5.74, 6) is -0.898. The van der Waals surface area contributed by atoms with Crippen molar-refractivity contribution in [3.05, 3.63) is 29.6 Å². The molecule has 0 aliphatic rings. The van der Waals surface area contributed by atoms with Crippen molar-refractivity contribution in [3.63, 3.8) is 0 Å². The Balaban J connectivity index is 2.84. The Kier molecular flexibility index (Phi) is 6.16. The topological polar surface area (TPSA) is 63.2 Å². The lowest BCUT2D eigenvalue weighted by Crippen LogP contribution is -2.32. The van der Waals surface area contributed by atoms with Crippen molar-refractivity contribution in [2.75, 3.05) is 0 Å². The molecule has 1 aromatic carbocycles. The van der Waals surface area contributed by atoms with Crippen molar-refractivity contribution >= 4 is 25.6 Å². The molecule has 1 rings (SSSR count). The second-order valence-electron chi connectivity index (χ2n) is 5.43. The highest BCUT2D eigenvalue weighted by molar-refractivity contribution is 8.13. The maximum atomic E-state index is 13.4. The van der Waals surface area contributed by atoms with Crippen LogP contribution >= 0.6 is 10.7 Å². The molecule has 0 spiro atoms. The van der Waals surface area contributed by atoms with Gasteiger partial charge in [0.05, 0.1) is 0 Å². The number of benzene rings is 1.